The first-order chi connectivity index (χ1) is 6.07. The number of urea groups is 1. The summed E-state index contributed by atoms with van der Waals surface area (Å²) < 4.78 is 0. The number of aldehydes is 1. The summed E-state index contributed by atoms with van der Waals surface area (Å²) in [5.74, 6) is -0.264. The Morgan fingerprint density at radius 2 is 2.15 bits per heavy atom. The third-order valence-corrected chi connectivity index (χ3v) is 1.98. The lowest BCUT2D eigenvalue weighted by atomic mass is 10.1. The van der Waals surface area contributed by atoms with Crippen LogP contribution in [-0.4, -0.2) is 35.7 Å². The van der Waals surface area contributed by atoms with Crippen molar-refractivity contribution in [2.24, 2.45) is 5.92 Å². The predicted molar refractivity (Wildman–Crippen MR) is 44.9 cm³/mol. The van der Waals surface area contributed by atoms with Crippen LogP contribution in [0.15, 0.2) is 0 Å². The Morgan fingerprint density at radius 3 is 2.54 bits per heavy atom. The second kappa shape index (κ2) is 3.55. The number of nitrogens with one attached hydrogen (secondary N) is 1. The lowest BCUT2D eigenvalue weighted by Gasteiger charge is -2.11. The van der Waals surface area contributed by atoms with Crippen LogP contribution < -0.4 is 5.32 Å². The zero-order valence-corrected chi connectivity index (χ0v) is 7.61. The molecule has 0 aromatic carbocycles. The average Bonchev–Trinajstić information content (AvgIpc) is 2.32. The molecule has 5 nitrogen and oxygen atoms in total. The van der Waals surface area contributed by atoms with Gasteiger partial charge in [-0.1, -0.05) is 13.8 Å². The molecule has 0 saturated carbocycles. The van der Waals surface area contributed by atoms with Gasteiger partial charge in [0.1, 0.15) is 12.3 Å². The largest absolute Gasteiger partial charge is 0.326 e. The number of imide groups is 1. The smallest absolute Gasteiger partial charge is 0.325 e. The Bertz CT molecular complexity index is 250. The normalized spacial score (nSPS) is 22.4. The zero-order valence-electron chi connectivity index (χ0n) is 7.61. The molecule has 1 atom stereocenters. The molecule has 0 spiro atoms. The van der Waals surface area contributed by atoms with Gasteiger partial charge in [-0.15, -0.1) is 0 Å². The van der Waals surface area contributed by atoms with Gasteiger partial charge in [-0.25, -0.2) is 4.79 Å². The minimum absolute atomic E-state index is 0.0492. The standard InChI is InChI=1S/C8H12N2O3/c1-5(2)6-7(12)10(3-4-11)8(13)9-6/h4-6H,3H2,1-2H3,(H,9,13). The molecule has 0 aliphatic carbocycles. The lowest BCUT2D eigenvalue weighted by Crippen LogP contribution is -2.35. The van der Waals surface area contributed by atoms with Gasteiger partial charge in [0, 0.05) is 0 Å². The van der Waals surface area contributed by atoms with Crippen molar-refractivity contribution in [2.75, 3.05) is 6.54 Å². The highest BCUT2D eigenvalue weighted by Gasteiger charge is 2.38. The SMILES string of the molecule is CC(C)C1NC(=O)N(CC=O)C1=O. The monoisotopic (exact) mass is 184 g/mol. The first-order valence-electron chi connectivity index (χ1n) is 4.13. The van der Waals surface area contributed by atoms with Crippen LogP contribution in [-0.2, 0) is 9.59 Å². The highest BCUT2D eigenvalue weighted by Crippen LogP contribution is 2.12. The molecule has 1 fully saturated rings. The minimum atomic E-state index is -0.479. The van der Waals surface area contributed by atoms with Crippen LogP contribution in [0.5, 0.6) is 0 Å². The van der Waals surface area contributed by atoms with Crippen molar-refractivity contribution in [3.63, 3.8) is 0 Å². The third-order valence-electron chi connectivity index (χ3n) is 1.98. The van der Waals surface area contributed by atoms with Crippen molar-refractivity contribution in [1.29, 1.82) is 0 Å². The number of amides is 3. The average molecular weight is 184 g/mol. The first kappa shape index (κ1) is 9.70. The molecule has 1 aliphatic rings. The van der Waals surface area contributed by atoms with E-state index >= 15 is 0 Å². The van der Waals surface area contributed by atoms with Gasteiger partial charge < -0.3 is 10.1 Å². The Hall–Kier alpha value is -1.39. The molecule has 3 amide bonds. The van der Waals surface area contributed by atoms with Crippen molar-refractivity contribution in [3.05, 3.63) is 0 Å². The number of hydrogen-bond acceptors (Lipinski definition) is 3. The van der Waals surface area contributed by atoms with Gasteiger partial charge in [0.05, 0.1) is 6.54 Å². The number of hydrogen-bond donors (Lipinski definition) is 1. The predicted octanol–water partition coefficient (Wildman–Crippen LogP) is -0.238. The summed E-state index contributed by atoms with van der Waals surface area (Å²) in [6, 6.07) is -0.955. The third kappa shape index (κ3) is 1.68. The van der Waals surface area contributed by atoms with Crippen LogP contribution >= 0.6 is 0 Å². The highest BCUT2D eigenvalue weighted by atomic mass is 16.2. The summed E-state index contributed by atoms with van der Waals surface area (Å²) in [7, 11) is 0. The first-order valence-corrected chi connectivity index (χ1v) is 4.13. The molecular formula is C8H12N2O3. The van der Waals surface area contributed by atoms with E-state index in [-0.39, 0.29) is 18.4 Å². The van der Waals surface area contributed by atoms with Gasteiger partial charge >= 0.3 is 6.03 Å². The van der Waals surface area contributed by atoms with Crippen molar-refractivity contribution in [3.8, 4) is 0 Å². The molecule has 1 aliphatic heterocycles. The fourth-order valence-corrected chi connectivity index (χ4v) is 1.24. The van der Waals surface area contributed by atoms with Crippen molar-refractivity contribution >= 4 is 18.2 Å². The maximum atomic E-state index is 11.4. The molecule has 0 aromatic rings. The van der Waals surface area contributed by atoms with Crippen molar-refractivity contribution in [1.82, 2.24) is 10.2 Å². The second-order valence-corrected chi connectivity index (χ2v) is 3.29. The minimum Gasteiger partial charge on any atom is -0.326 e. The van der Waals surface area contributed by atoms with Crippen LogP contribution in [0.2, 0.25) is 0 Å². The fourth-order valence-electron chi connectivity index (χ4n) is 1.24. The lowest BCUT2D eigenvalue weighted by molar-refractivity contribution is -0.129. The molecule has 0 radical (unpaired) electrons. The molecule has 1 rings (SSSR count). The molecule has 0 bridgehead atoms. The second-order valence-electron chi connectivity index (χ2n) is 3.29. The Labute approximate surface area is 76.1 Å². The van der Waals surface area contributed by atoms with Crippen LogP contribution in [0.3, 0.4) is 0 Å². The van der Waals surface area contributed by atoms with E-state index in [1.165, 1.54) is 0 Å². The van der Waals surface area contributed by atoms with Crippen LogP contribution in [0, 0.1) is 5.92 Å². The van der Waals surface area contributed by atoms with E-state index in [0.717, 1.165) is 4.90 Å². The van der Waals surface area contributed by atoms with Crippen LogP contribution in [0.25, 0.3) is 0 Å². The fraction of sp³-hybridized carbons (Fsp3) is 0.625. The molecule has 0 aromatic heterocycles. The van der Waals surface area contributed by atoms with E-state index in [0.29, 0.717) is 6.29 Å². The summed E-state index contributed by atoms with van der Waals surface area (Å²) >= 11 is 0. The van der Waals surface area contributed by atoms with Gasteiger partial charge in [0.15, 0.2) is 0 Å². The molecule has 1 saturated heterocycles. The highest BCUT2D eigenvalue weighted by molar-refractivity contribution is 6.05. The Balaban J connectivity index is 2.75. The van der Waals surface area contributed by atoms with E-state index in [1.54, 1.807) is 0 Å². The van der Waals surface area contributed by atoms with Crippen molar-refractivity contribution < 1.29 is 14.4 Å². The van der Waals surface area contributed by atoms with Crippen LogP contribution in [0.4, 0.5) is 4.79 Å². The molecule has 72 valence electrons. The summed E-state index contributed by atoms with van der Waals surface area (Å²) in [5.41, 5.74) is 0. The number of carbonyl (C=O) groups excluding carboxylic acids is 3. The van der Waals surface area contributed by atoms with Crippen LogP contribution in [0.1, 0.15) is 13.8 Å². The molecule has 13 heavy (non-hydrogen) atoms. The zero-order chi connectivity index (χ0) is 10.0. The van der Waals surface area contributed by atoms with Gasteiger partial charge in [-0.05, 0) is 5.92 Å². The molecule has 5 heteroatoms. The topological polar surface area (TPSA) is 66.5 Å². The number of nitrogens with zero attached hydrogens (tertiary/aromatic N) is 1. The Morgan fingerprint density at radius 1 is 1.54 bits per heavy atom. The van der Waals surface area contributed by atoms with E-state index in [2.05, 4.69) is 5.32 Å². The number of rotatable bonds is 3. The maximum absolute atomic E-state index is 11.4. The summed E-state index contributed by atoms with van der Waals surface area (Å²) in [6.45, 7) is 3.52. The van der Waals surface area contributed by atoms with Crippen molar-refractivity contribution in [2.45, 2.75) is 19.9 Å². The summed E-state index contributed by atoms with van der Waals surface area (Å²) in [6.07, 6.45) is 0.542. The Kier molecular flexibility index (Phi) is 2.65. The van der Waals surface area contributed by atoms with E-state index in [1.807, 2.05) is 13.8 Å². The van der Waals surface area contributed by atoms with Gasteiger partial charge in [0.25, 0.3) is 5.91 Å². The van der Waals surface area contributed by atoms with E-state index in [4.69, 9.17) is 0 Å². The maximum Gasteiger partial charge on any atom is 0.325 e. The molecular weight excluding hydrogens is 172 g/mol. The van der Waals surface area contributed by atoms with E-state index < -0.39 is 12.1 Å². The van der Waals surface area contributed by atoms with Gasteiger partial charge in [-0.2, -0.15) is 0 Å². The quantitative estimate of drug-likeness (QED) is 0.486. The van der Waals surface area contributed by atoms with Gasteiger partial charge in [-0.3, -0.25) is 9.69 Å². The van der Waals surface area contributed by atoms with Gasteiger partial charge in [0.2, 0.25) is 0 Å². The number of carbonyl (C=O) groups is 3. The molecule has 1 unspecified atom stereocenters. The van der Waals surface area contributed by atoms with E-state index in [9.17, 15) is 14.4 Å². The summed E-state index contributed by atoms with van der Waals surface area (Å²) in [4.78, 5) is 33.6. The molecule has 1 heterocycles. The molecule has 1 N–H and O–H groups in total. The summed E-state index contributed by atoms with van der Waals surface area (Å²) in [5, 5.41) is 2.52.